The summed E-state index contributed by atoms with van der Waals surface area (Å²) >= 11 is 0. The van der Waals surface area contributed by atoms with Crippen LogP contribution < -0.4 is 0 Å². The Bertz CT molecular complexity index is 328. The second-order valence-electron chi connectivity index (χ2n) is 7.42. The van der Waals surface area contributed by atoms with Crippen LogP contribution in [0.1, 0.15) is 97.8 Å². The lowest BCUT2D eigenvalue weighted by Gasteiger charge is -2.16. The van der Waals surface area contributed by atoms with Crippen LogP contribution in [-0.4, -0.2) is 31.1 Å². The summed E-state index contributed by atoms with van der Waals surface area (Å²) in [5, 5.41) is 0. The molecule has 24 heavy (non-hydrogen) atoms. The minimum atomic E-state index is -0.549. The van der Waals surface area contributed by atoms with Crippen molar-refractivity contribution in [2.75, 3.05) is 13.2 Å². The van der Waals surface area contributed by atoms with Crippen LogP contribution >= 0.6 is 0 Å². The predicted molar refractivity (Wildman–Crippen MR) is 96.9 cm³/mol. The first-order valence-electron chi connectivity index (χ1n) is 10.0. The largest absolute Gasteiger partial charge is 0.463 e. The molecule has 1 atom stereocenters. The quantitative estimate of drug-likeness (QED) is 0.314. The van der Waals surface area contributed by atoms with E-state index >= 15 is 0 Å². The van der Waals surface area contributed by atoms with E-state index in [1.807, 2.05) is 13.8 Å². The molecule has 0 amide bonds. The Kier molecular flexibility index (Phi) is 11.4. The van der Waals surface area contributed by atoms with Gasteiger partial charge in [-0.2, -0.15) is 0 Å². The molecule has 1 fully saturated rings. The minimum absolute atomic E-state index is 0.112. The monoisotopic (exact) mass is 342 g/mol. The van der Waals surface area contributed by atoms with Crippen LogP contribution in [0.5, 0.6) is 0 Å². The number of hydrogen-bond acceptors (Lipinski definition) is 4. The number of hydrogen-bond donors (Lipinski definition) is 0. The maximum atomic E-state index is 11.7. The first-order valence-corrected chi connectivity index (χ1v) is 10.0. The summed E-state index contributed by atoms with van der Waals surface area (Å²) in [6, 6.07) is 0. The van der Waals surface area contributed by atoms with E-state index in [2.05, 4.69) is 6.92 Å². The highest BCUT2D eigenvalue weighted by Crippen LogP contribution is 2.22. The molecule has 0 aromatic heterocycles. The Morgan fingerprint density at radius 3 is 2.00 bits per heavy atom. The van der Waals surface area contributed by atoms with Gasteiger partial charge < -0.3 is 14.2 Å². The summed E-state index contributed by atoms with van der Waals surface area (Å²) in [5.41, 5.74) is 0. The molecule has 0 bridgehead atoms. The van der Waals surface area contributed by atoms with Gasteiger partial charge in [-0.1, -0.05) is 71.1 Å². The van der Waals surface area contributed by atoms with Crippen LogP contribution in [0.25, 0.3) is 0 Å². The predicted octanol–water partition coefficient (Wildman–Crippen LogP) is 5.38. The molecule has 1 rings (SSSR count). The lowest BCUT2D eigenvalue weighted by atomic mass is 10.1. The molecule has 0 N–H and O–H groups in total. The number of unbranched alkanes of at least 4 members (excludes halogenated alkanes) is 10. The second-order valence-corrected chi connectivity index (χ2v) is 7.42. The third-order valence-corrected chi connectivity index (χ3v) is 4.48. The summed E-state index contributed by atoms with van der Waals surface area (Å²) in [6.45, 7) is 6.81. The topological polar surface area (TPSA) is 44.8 Å². The number of rotatable bonds is 14. The molecule has 1 saturated heterocycles. The normalized spacial score (nSPS) is 19.5. The number of carbonyl (C=O) groups is 1. The molecule has 4 nitrogen and oxygen atoms in total. The van der Waals surface area contributed by atoms with Gasteiger partial charge in [0.2, 0.25) is 0 Å². The summed E-state index contributed by atoms with van der Waals surface area (Å²) in [5.74, 6) is -0.660. The minimum Gasteiger partial charge on any atom is -0.463 e. The molecule has 0 spiro atoms. The van der Waals surface area contributed by atoms with Crippen molar-refractivity contribution in [2.24, 2.45) is 0 Å². The first kappa shape index (κ1) is 21.4. The van der Waals surface area contributed by atoms with E-state index in [1.54, 1.807) is 0 Å². The highest BCUT2D eigenvalue weighted by atomic mass is 16.7. The first-order chi connectivity index (χ1) is 11.5. The van der Waals surface area contributed by atoms with E-state index in [0.717, 1.165) is 12.8 Å². The van der Waals surface area contributed by atoms with Gasteiger partial charge >= 0.3 is 5.97 Å². The molecular weight excluding hydrogens is 304 g/mol. The molecular formula is C20H38O4. The molecule has 0 aromatic carbocycles. The van der Waals surface area contributed by atoms with Crippen molar-refractivity contribution >= 4 is 5.97 Å². The van der Waals surface area contributed by atoms with Crippen molar-refractivity contribution in [2.45, 2.75) is 110 Å². The lowest BCUT2D eigenvalue weighted by molar-refractivity contribution is -0.158. The summed E-state index contributed by atoms with van der Waals surface area (Å²) in [4.78, 5) is 11.7. The van der Waals surface area contributed by atoms with E-state index in [-0.39, 0.29) is 12.1 Å². The van der Waals surface area contributed by atoms with Crippen molar-refractivity contribution < 1.29 is 19.0 Å². The number of esters is 1. The zero-order valence-electron chi connectivity index (χ0n) is 16.1. The van der Waals surface area contributed by atoms with Crippen molar-refractivity contribution in [1.82, 2.24) is 0 Å². The molecule has 0 aliphatic carbocycles. The van der Waals surface area contributed by atoms with E-state index in [1.165, 1.54) is 57.8 Å². The van der Waals surface area contributed by atoms with Gasteiger partial charge in [-0.25, -0.2) is 0 Å². The number of ether oxygens (including phenoxy) is 3. The lowest BCUT2D eigenvalue weighted by Crippen LogP contribution is -2.25. The second kappa shape index (κ2) is 12.7. The molecule has 1 aliphatic heterocycles. The van der Waals surface area contributed by atoms with Gasteiger partial charge in [0.1, 0.15) is 12.7 Å². The van der Waals surface area contributed by atoms with Crippen molar-refractivity contribution in [3.63, 3.8) is 0 Å². The van der Waals surface area contributed by atoms with Crippen LogP contribution in [-0.2, 0) is 19.0 Å². The summed E-state index contributed by atoms with van der Waals surface area (Å²) in [7, 11) is 0. The smallest absolute Gasteiger partial charge is 0.305 e. The van der Waals surface area contributed by atoms with Gasteiger partial charge in [-0.3, -0.25) is 4.79 Å². The van der Waals surface area contributed by atoms with Crippen molar-refractivity contribution in [1.29, 1.82) is 0 Å². The number of carbonyl (C=O) groups excluding carboxylic acids is 1. The Morgan fingerprint density at radius 1 is 0.958 bits per heavy atom. The Balaban J connectivity index is 1.83. The highest BCUT2D eigenvalue weighted by Gasteiger charge is 2.33. The van der Waals surface area contributed by atoms with Gasteiger partial charge in [-0.15, -0.1) is 0 Å². The Hall–Kier alpha value is -0.610. The Morgan fingerprint density at radius 2 is 1.50 bits per heavy atom. The van der Waals surface area contributed by atoms with Crippen LogP contribution in [0.15, 0.2) is 0 Å². The molecule has 0 aromatic rings. The van der Waals surface area contributed by atoms with Gasteiger partial charge in [0.05, 0.1) is 6.61 Å². The summed E-state index contributed by atoms with van der Waals surface area (Å²) < 4.78 is 16.3. The van der Waals surface area contributed by atoms with Gasteiger partial charge in [-0.05, 0) is 20.3 Å². The van der Waals surface area contributed by atoms with Crippen LogP contribution in [0.4, 0.5) is 0 Å². The molecule has 1 heterocycles. The van der Waals surface area contributed by atoms with E-state index in [0.29, 0.717) is 19.6 Å². The van der Waals surface area contributed by atoms with Gasteiger partial charge in [0.15, 0.2) is 5.79 Å². The van der Waals surface area contributed by atoms with Gasteiger partial charge in [0, 0.05) is 6.42 Å². The maximum absolute atomic E-state index is 11.7. The highest BCUT2D eigenvalue weighted by molar-refractivity contribution is 5.69. The molecule has 142 valence electrons. The molecule has 0 radical (unpaired) electrons. The van der Waals surface area contributed by atoms with Gasteiger partial charge in [0.25, 0.3) is 0 Å². The summed E-state index contributed by atoms with van der Waals surface area (Å²) in [6.07, 6.45) is 14.6. The van der Waals surface area contributed by atoms with Crippen molar-refractivity contribution in [3.05, 3.63) is 0 Å². The third-order valence-electron chi connectivity index (χ3n) is 4.48. The zero-order valence-corrected chi connectivity index (χ0v) is 16.1. The fourth-order valence-electron chi connectivity index (χ4n) is 3.04. The zero-order chi connectivity index (χ0) is 17.7. The average Bonchev–Trinajstić information content (AvgIpc) is 2.90. The third kappa shape index (κ3) is 11.0. The van der Waals surface area contributed by atoms with E-state index in [9.17, 15) is 4.79 Å². The van der Waals surface area contributed by atoms with Crippen LogP contribution in [0.3, 0.4) is 0 Å². The average molecular weight is 343 g/mol. The van der Waals surface area contributed by atoms with E-state index in [4.69, 9.17) is 14.2 Å². The fraction of sp³-hybridized carbons (Fsp3) is 0.950. The molecule has 1 unspecified atom stereocenters. The molecule has 4 heteroatoms. The molecule has 1 aliphatic rings. The van der Waals surface area contributed by atoms with Crippen molar-refractivity contribution in [3.8, 4) is 0 Å². The fourth-order valence-corrected chi connectivity index (χ4v) is 3.04. The van der Waals surface area contributed by atoms with Crippen LogP contribution in [0, 0.1) is 0 Å². The SMILES string of the molecule is CCCCCCCCCCCCCC(=O)OCC1COC(C)(C)O1. The van der Waals surface area contributed by atoms with E-state index < -0.39 is 5.79 Å². The maximum Gasteiger partial charge on any atom is 0.305 e. The standard InChI is InChI=1S/C20H38O4/c1-4-5-6-7-8-9-10-11-12-13-14-15-19(21)22-16-18-17-23-20(2,3)24-18/h18H,4-17H2,1-3H3. The Labute approximate surface area is 148 Å². The molecule has 0 saturated carbocycles. The van der Waals surface area contributed by atoms with Crippen LogP contribution in [0.2, 0.25) is 0 Å².